The van der Waals surface area contributed by atoms with Crippen molar-refractivity contribution in [1.29, 1.82) is 0 Å². The number of aromatic nitrogens is 4. The Morgan fingerprint density at radius 3 is 3.05 bits per heavy atom. The van der Waals surface area contributed by atoms with Crippen molar-refractivity contribution >= 4 is 11.6 Å². The smallest absolute Gasteiger partial charge is 0.274 e. The third-order valence-electron chi connectivity index (χ3n) is 2.66. The van der Waals surface area contributed by atoms with Crippen molar-refractivity contribution in [2.45, 2.75) is 26.3 Å². The van der Waals surface area contributed by atoms with Gasteiger partial charge in [0.05, 0.1) is 23.6 Å². The van der Waals surface area contributed by atoms with E-state index in [0.717, 1.165) is 18.5 Å². The number of hydrogen-bond acceptors (Lipinski definition) is 5. The highest BCUT2D eigenvalue weighted by Crippen LogP contribution is 2.15. The Balaban J connectivity index is 2.00. The third-order valence-corrected chi connectivity index (χ3v) is 2.66. The van der Waals surface area contributed by atoms with Crippen LogP contribution < -0.4 is 11.1 Å². The van der Waals surface area contributed by atoms with Crippen molar-refractivity contribution < 1.29 is 4.79 Å². The van der Waals surface area contributed by atoms with Gasteiger partial charge in [-0.3, -0.25) is 9.89 Å². The van der Waals surface area contributed by atoms with E-state index in [-0.39, 0.29) is 11.6 Å². The van der Waals surface area contributed by atoms with Gasteiger partial charge in [-0.25, -0.2) is 0 Å². The number of nitrogens with one attached hydrogen (secondary N) is 2. The molecule has 2 rings (SSSR count). The Hall–Kier alpha value is -2.44. The first-order chi connectivity index (χ1) is 9.22. The van der Waals surface area contributed by atoms with Crippen LogP contribution in [0.2, 0.25) is 0 Å². The van der Waals surface area contributed by atoms with Crippen LogP contribution in [0.15, 0.2) is 18.3 Å². The molecule has 0 bridgehead atoms. The Morgan fingerprint density at radius 2 is 2.37 bits per heavy atom. The van der Waals surface area contributed by atoms with Gasteiger partial charge in [-0.05, 0) is 18.6 Å². The molecule has 19 heavy (non-hydrogen) atoms. The zero-order valence-corrected chi connectivity index (χ0v) is 10.7. The van der Waals surface area contributed by atoms with Crippen LogP contribution in [0.1, 0.15) is 35.2 Å². The van der Waals surface area contributed by atoms with E-state index in [9.17, 15) is 4.79 Å². The van der Waals surface area contributed by atoms with Gasteiger partial charge in [0.1, 0.15) is 0 Å². The van der Waals surface area contributed by atoms with Crippen LogP contribution in [0.3, 0.4) is 0 Å². The van der Waals surface area contributed by atoms with E-state index in [1.807, 2.05) is 6.92 Å². The van der Waals surface area contributed by atoms with E-state index in [4.69, 9.17) is 5.73 Å². The number of carbonyl (C=O) groups is 1. The van der Waals surface area contributed by atoms with Crippen molar-refractivity contribution in [2.75, 3.05) is 5.73 Å². The number of nitrogen functional groups attached to an aromatic ring is 1. The average molecular weight is 260 g/mol. The Labute approximate surface area is 110 Å². The molecular weight excluding hydrogens is 244 g/mol. The van der Waals surface area contributed by atoms with E-state index in [1.54, 1.807) is 18.3 Å². The number of rotatable bonds is 5. The minimum absolute atomic E-state index is 0.229. The van der Waals surface area contributed by atoms with Crippen LogP contribution in [0.25, 0.3) is 0 Å². The molecule has 2 aromatic heterocycles. The fourth-order valence-corrected chi connectivity index (χ4v) is 1.68. The van der Waals surface area contributed by atoms with E-state index in [2.05, 4.69) is 25.7 Å². The highest BCUT2D eigenvalue weighted by molar-refractivity contribution is 5.97. The van der Waals surface area contributed by atoms with Crippen molar-refractivity contribution in [3.8, 4) is 0 Å². The highest BCUT2D eigenvalue weighted by atomic mass is 16.1. The summed E-state index contributed by atoms with van der Waals surface area (Å²) in [4.78, 5) is 11.9. The maximum absolute atomic E-state index is 11.9. The number of carbonyl (C=O) groups excluding carboxylic acids is 1. The lowest BCUT2D eigenvalue weighted by Gasteiger charge is -2.02. The topological polar surface area (TPSA) is 110 Å². The van der Waals surface area contributed by atoms with Gasteiger partial charge in [-0.2, -0.15) is 15.3 Å². The molecular formula is C12H16N6O. The fraction of sp³-hybridized carbons (Fsp3) is 0.333. The zero-order valence-electron chi connectivity index (χ0n) is 10.7. The van der Waals surface area contributed by atoms with Crippen molar-refractivity contribution in [3.05, 3.63) is 35.4 Å². The predicted molar refractivity (Wildman–Crippen MR) is 70.2 cm³/mol. The molecule has 1 amide bonds. The lowest BCUT2D eigenvalue weighted by molar-refractivity contribution is 0.0946. The number of aryl methyl sites for hydroxylation is 1. The maximum Gasteiger partial charge on any atom is 0.274 e. The molecule has 0 fully saturated rings. The second kappa shape index (κ2) is 5.94. The summed E-state index contributed by atoms with van der Waals surface area (Å²) in [6.45, 7) is 2.33. The van der Waals surface area contributed by atoms with Crippen LogP contribution in [-0.4, -0.2) is 26.3 Å². The van der Waals surface area contributed by atoms with Gasteiger partial charge >= 0.3 is 0 Å². The third kappa shape index (κ3) is 3.06. The van der Waals surface area contributed by atoms with E-state index in [0.29, 0.717) is 17.9 Å². The SMILES string of the molecule is CCCc1[nH]nc(C(=O)NCc2cccnn2)c1N. The van der Waals surface area contributed by atoms with Gasteiger partial charge in [0.2, 0.25) is 0 Å². The van der Waals surface area contributed by atoms with Crippen LogP contribution in [0.4, 0.5) is 5.69 Å². The van der Waals surface area contributed by atoms with E-state index in [1.165, 1.54) is 0 Å². The number of H-pyrrole nitrogens is 1. The number of anilines is 1. The largest absolute Gasteiger partial charge is 0.395 e. The second-order valence-electron chi connectivity index (χ2n) is 4.11. The molecule has 0 saturated carbocycles. The number of nitrogens with two attached hydrogens (primary N) is 1. The molecule has 0 aliphatic heterocycles. The summed E-state index contributed by atoms with van der Waals surface area (Å²) in [5.74, 6) is -0.318. The van der Waals surface area contributed by atoms with Gasteiger partial charge in [-0.15, -0.1) is 0 Å². The first-order valence-electron chi connectivity index (χ1n) is 6.09. The predicted octanol–water partition coefficient (Wildman–Crippen LogP) is 0.664. The normalized spacial score (nSPS) is 10.4. The summed E-state index contributed by atoms with van der Waals surface area (Å²) < 4.78 is 0. The zero-order chi connectivity index (χ0) is 13.7. The molecule has 100 valence electrons. The number of nitrogens with zero attached hydrogens (tertiary/aromatic N) is 3. The number of amides is 1. The average Bonchev–Trinajstić information content (AvgIpc) is 2.79. The van der Waals surface area contributed by atoms with Gasteiger partial charge in [-0.1, -0.05) is 13.3 Å². The summed E-state index contributed by atoms with van der Waals surface area (Å²) in [7, 11) is 0. The molecule has 0 aromatic carbocycles. The van der Waals surface area contributed by atoms with Crippen LogP contribution in [0.5, 0.6) is 0 Å². The molecule has 0 unspecified atom stereocenters. The summed E-state index contributed by atoms with van der Waals surface area (Å²) >= 11 is 0. The van der Waals surface area contributed by atoms with Crippen LogP contribution in [-0.2, 0) is 13.0 Å². The van der Waals surface area contributed by atoms with Gasteiger partial charge in [0.25, 0.3) is 5.91 Å². The maximum atomic E-state index is 11.9. The second-order valence-corrected chi connectivity index (χ2v) is 4.11. The van der Waals surface area contributed by atoms with Crippen molar-refractivity contribution in [1.82, 2.24) is 25.7 Å². The van der Waals surface area contributed by atoms with Crippen molar-refractivity contribution in [3.63, 3.8) is 0 Å². The lowest BCUT2D eigenvalue weighted by atomic mass is 10.2. The molecule has 2 aromatic rings. The summed E-state index contributed by atoms with van der Waals surface area (Å²) in [6.07, 6.45) is 3.29. The van der Waals surface area contributed by atoms with Gasteiger partial charge in [0, 0.05) is 6.20 Å². The molecule has 0 saturated heterocycles. The highest BCUT2D eigenvalue weighted by Gasteiger charge is 2.16. The molecule has 7 heteroatoms. The Bertz CT molecular complexity index is 551. The molecule has 0 atom stereocenters. The lowest BCUT2D eigenvalue weighted by Crippen LogP contribution is -2.24. The molecule has 0 aliphatic carbocycles. The first-order valence-corrected chi connectivity index (χ1v) is 6.09. The molecule has 4 N–H and O–H groups in total. The Morgan fingerprint density at radius 1 is 1.53 bits per heavy atom. The Kier molecular flexibility index (Phi) is 4.07. The minimum Gasteiger partial charge on any atom is -0.395 e. The first kappa shape index (κ1) is 13.0. The molecule has 0 aliphatic rings. The van der Waals surface area contributed by atoms with Crippen molar-refractivity contribution in [2.24, 2.45) is 0 Å². The van der Waals surface area contributed by atoms with Crippen LogP contribution in [0, 0.1) is 0 Å². The van der Waals surface area contributed by atoms with Crippen LogP contribution >= 0.6 is 0 Å². The molecule has 0 radical (unpaired) electrons. The standard InChI is InChI=1S/C12H16N6O/c1-2-4-9-10(13)11(18-17-9)12(19)14-7-8-5-3-6-15-16-8/h3,5-6H,2,4,7,13H2,1H3,(H,14,19)(H,17,18). The van der Waals surface area contributed by atoms with Gasteiger partial charge < -0.3 is 11.1 Å². The van der Waals surface area contributed by atoms with Gasteiger partial charge in [0.15, 0.2) is 5.69 Å². The minimum atomic E-state index is -0.318. The summed E-state index contributed by atoms with van der Waals surface area (Å²) in [6, 6.07) is 3.54. The molecule has 2 heterocycles. The number of hydrogen-bond donors (Lipinski definition) is 3. The quantitative estimate of drug-likeness (QED) is 0.731. The summed E-state index contributed by atoms with van der Waals surface area (Å²) in [5.41, 5.74) is 8.00. The monoisotopic (exact) mass is 260 g/mol. The fourth-order valence-electron chi connectivity index (χ4n) is 1.68. The molecule has 7 nitrogen and oxygen atoms in total. The van der Waals surface area contributed by atoms with E-state index >= 15 is 0 Å². The van der Waals surface area contributed by atoms with E-state index < -0.39 is 0 Å². The summed E-state index contributed by atoms with van der Waals surface area (Å²) in [5, 5.41) is 17.1. The number of aromatic amines is 1. The molecule has 0 spiro atoms.